The molecule has 0 spiro atoms. The zero-order chi connectivity index (χ0) is 13.0. The smallest absolute Gasteiger partial charge is 0.183 e. The first-order valence-electron chi connectivity index (χ1n) is 6.46. The molecule has 18 heavy (non-hydrogen) atoms. The first kappa shape index (κ1) is 13.1. The van der Waals surface area contributed by atoms with Gasteiger partial charge in [0.1, 0.15) is 5.75 Å². The van der Waals surface area contributed by atoms with E-state index in [1.54, 1.807) is 11.3 Å². The molecule has 2 aromatic rings. The van der Waals surface area contributed by atoms with Gasteiger partial charge in [-0.05, 0) is 37.5 Å². The zero-order valence-corrected chi connectivity index (χ0v) is 12.0. The van der Waals surface area contributed by atoms with Gasteiger partial charge in [0.05, 0.1) is 16.8 Å². The fourth-order valence-electron chi connectivity index (χ4n) is 1.70. The third-order valence-corrected chi connectivity index (χ3v) is 3.64. The van der Waals surface area contributed by atoms with Crippen LogP contribution in [0, 0.1) is 5.92 Å². The summed E-state index contributed by atoms with van der Waals surface area (Å²) in [7, 11) is 0. The van der Waals surface area contributed by atoms with Crippen molar-refractivity contribution in [1.29, 1.82) is 0 Å². The van der Waals surface area contributed by atoms with Gasteiger partial charge in [0, 0.05) is 6.54 Å². The van der Waals surface area contributed by atoms with Crippen LogP contribution in [-0.4, -0.2) is 18.1 Å². The van der Waals surface area contributed by atoms with E-state index < -0.39 is 0 Å². The van der Waals surface area contributed by atoms with Gasteiger partial charge in [-0.2, -0.15) is 0 Å². The van der Waals surface area contributed by atoms with Crippen LogP contribution >= 0.6 is 11.3 Å². The van der Waals surface area contributed by atoms with Crippen LogP contribution in [0.4, 0.5) is 5.13 Å². The fourth-order valence-corrected chi connectivity index (χ4v) is 2.62. The molecule has 1 heterocycles. The summed E-state index contributed by atoms with van der Waals surface area (Å²) in [6.07, 6.45) is 1.17. The minimum atomic E-state index is 0.698. The first-order chi connectivity index (χ1) is 8.69. The molecule has 0 aliphatic carbocycles. The number of fused-ring (bicyclic) bond motifs is 1. The molecule has 3 nitrogen and oxygen atoms in total. The summed E-state index contributed by atoms with van der Waals surface area (Å²) in [5, 5.41) is 4.38. The van der Waals surface area contributed by atoms with Gasteiger partial charge in [0.2, 0.25) is 0 Å². The maximum absolute atomic E-state index is 5.49. The Hall–Kier alpha value is -1.29. The molecule has 0 aliphatic rings. The van der Waals surface area contributed by atoms with Crippen LogP contribution in [0.3, 0.4) is 0 Å². The van der Waals surface area contributed by atoms with Crippen LogP contribution < -0.4 is 10.1 Å². The zero-order valence-electron chi connectivity index (χ0n) is 11.2. The van der Waals surface area contributed by atoms with Gasteiger partial charge in [-0.3, -0.25) is 0 Å². The molecule has 98 valence electrons. The van der Waals surface area contributed by atoms with E-state index in [2.05, 4.69) is 30.2 Å². The summed E-state index contributed by atoms with van der Waals surface area (Å²) < 4.78 is 6.67. The molecule has 0 amide bonds. The second kappa shape index (κ2) is 6.05. The highest BCUT2D eigenvalue weighted by atomic mass is 32.1. The largest absolute Gasteiger partial charge is 0.494 e. The molecular formula is C14H20N2OS. The predicted octanol–water partition coefficient (Wildman–Crippen LogP) is 4.15. The van der Waals surface area contributed by atoms with Gasteiger partial charge < -0.3 is 10.1 Å². The second-order valence-electron chi connectivity index (χ2n) is 4.69. The number of anilines is 1. The van der Waals surface area contributed by atoms with Crippen molar-refractivity contribution < 1.29 is 4.74 Å². The van der Waals surface area contributed by atoms with Crippen molar-refractivity contribution >= 4 is 26.7 Å². The number of hydrogen-bond acceptors (Lipinski definition) is 4. The molecule has 0 saturated heterocycles. The van der Waals surface area contributed by atoms with Gasteiger partial charge >= 0.3 is 0 Å². The molecule has 0 bridgehead atoms. The number of nitrogens with zero attached hydrogens (tertiary/aromatic N) is 1. The number of aromatic nitrogens is 1. The highest BCUT2D eigenvalue weighted by molar-refractivity contribution is 7.22. The van der Waals surface area contributed by atoms with E-state index in [4.69, 9.17) is 4.74 Å². The van der Waals surface area contributed by atoms with Gasteiger partial charge in [0.25, 0.3) is 0 Å². The van der Waals surface area contributed by atoms with Crippen molar-refractivity contribution in [2.75, 3.05) is 18.5 Å². The van der Waals surface area contributed by atoms with E-state index in [-0.39, 0.29) is 0 Å². The summed E-state index contributed by atoms with van der Waals surface area (Å²) >= 11 is 1.69. The quantitative estimate of drug-likeness (QED) is 0.851. The lowest BCUT2D eigenvalue weighted by Gasteiger charge is -2.04. The third-order valence-electron chi connectivity index (χ3n) is 2.67. The Kier molecular flexibility index (Phi) is 4.42. The molecule has 0 aliphatic heterocycles. The average molecular weight is 264 g/mol. The lowest BCUT2D eigenvalue weighted by Crippen LogP contribution is -2.03. The second-order valence-corrected chi connectivity index (χ2v) is 5.72. The molecular weight excluding hydrogens is 244 g/mol. The van der Waals surface area contributed by atoms with E-state index in [1.807, 2.05) is 19.1 Å². The highest BCUT2D eigenvalue weighted by Gasteiger charge is 2.05. The van der Waals surface area contributed by atoms with Crippen molar-refractivity contribution in [3.8, 4) is 5.75 Å². The Labute approximate surface area is 112 Å². The Morgan fingerprint density at radius 3 is 2.94 bits per heavy atom. The number of nitrogens with one attached hydrogen (secondary N) is 1. The monoisotopic (exact) mass is 264 g/mol. The van der Waals surface area contributed by atoms with E-state index in [0.29, 0.717) is 6.61 Å². The Morgan fingerprint density at radius 1 is 1.39 bits per heavy atom. The van der Waals surface area contributed by atoms with E-state index in [1.165, 1.54) is 11.1 Å². The van der Waals surface area contributed by atoms with Crippen LogP contribution in [0.5, 0.6) is 5.75 Å². The highest BCUT2D eigenvalue weighted by Crippen LogP contribution is 2.29. The maximum Gasteiger partial charge on any atom is 0.183 e. The van der Waals surface area contributed by atoms with Crippen LogP contribution in [0.2, 0.25) is 0 Å². The molecule has 1 N–H and O–H groups in total. The molecule has 0 fully saturated rings. The minimum absolute atomic E-state index is 0.698. The van der Waals surface area contributed by atoms with Crippen molar-refractivity contribution in [2.45, 2.75) is 27.2 Å². The summed E-state index contributed by atoms with van der Waals surface area (Å²) in [4.78, 5) is 4.56. The van der Waals surface area contributed by atoms with Gasteiger partial charge in [-0.1, -0.05) is 25.2 Å². The van der Waals surface area contributed by atoms with Crippen molar-refractivity contribution in [1.82, 2.24) is 4.98 Å². The number of hydrogen-bond donors (Lipinski definition) is 1. The number of rotatable bonds is 6. The molecule has 0 unspecified atom stereocenters. The van der Waals surface area contributed by atoms with Crippen LogP contribution in [0.25, 0.3) is 10.2 Å². The molecule has 0 radical (unpaired) electrons. The molecule has 0 atom stereocenters. The topological polar surface area (TPSA) is 34.1 Å². The standard InChI is InChI=1S/C14H20N2OS/c1-4-17-11-5-6-12-13(9-11)18-14(16-12)15-8-7-10(2)3/h5-6,9-10H,4,7-8H2,1-3H3,(H,15,16). The Morgan fingerprint density at radius 2 is 2.22 bits per heavy atom. The Bertz CT molecular complexity index is 507. The Balaban J connectivity index is 2.07. The SMILES string of the molecule is CCOc1ccc2nc(NCCC(C)C)sc2c1. The van der Waals surface area contributed by atoms with Gasteiger partial charge in [-0.25, -0.2) is 4.98 Å². The van der Waals surface area contributed by atoms with E-state index >= 15 is 0 Å². The van der Waals surface area contributed by atoms with Crippen LogP contribution in [-0.2, 0) is 0 Å². The molecule has 4 heteroatoms. The minimum Gasteiger partial charge on any atom is -0.494 e. The average Bonchev–Trinajstić information content (AvgIpc) is 2.71. The number of benzene rings is 1. The molecule has 1 aromatic carbocycles. The first-order valence-corrected chi connectivity index (χ1v) is 7.28. The number of thiazole rings is 1. The van der Waals surface area contributed by atoms with Gasteiger partial charge in [0.15, 0.2) is 5.13 Å². The summed E-state index contributed by atoms with van der Waals surface area (Å²) in [5.41, 5.74) is 1.04. The molecule has 2 rings (SSSR count). The summed E-state index contributed by atoms with van der Waals surface area (Å²) in [5.74, 6) is 1.64. The summed E-state index contributed by atoms with van der Waals surface area (Å²) in [6.45, 7) is 8.14. The normalized spacial score (nSPS) is 11.1. The number of ether oxygens (including phenoxy) is 1. The van der Waals surface area contributed by atoms with E-state index in [0.717, 1.165) is 28.9 Å². The van der Waals surface area contributed by atoms with E-state index in [9.17, 15) is 0 Å². The summed E-state index contributed by atoms with van der Waals surface area (Å²) in [6, 6.07) is 6.05. The molecule has 1 aromatic heterocycles. The maximum atomic E-state index is 5.49. The lowest BCUT2D eigenvalue weighted by atomic mass is 10.1. The molecule has 0 saturated carbocycles. The van der Waals surface area contributed by atoms with Crippen molar-refractivity contribution in [3.05, 3.63) is 18.2 Å². The van der Waals surface area contributed by atoms with Crippen molar-refractivity contribution in [3.63, 3.8) is 0 Å². The van der Waals surface area contributed by atoms with Gasteiger partial charge in [-0.15, -0.1) is 0 Å². The van der Waals surface area contributed by atoms with Crippen molar-refractivity contribution in [2.24, 2.45) is 5.92 Å². The third kappa shape index (κ3) is 3.35. The van der Waals surface area contributed by atoms with Crippen LogP contribution in [0.1, 0.15) is 27.2 Å². The van der Waals surface area contributed by atoms with Crippen LogP contribution in [0.15, 0.2) is 18.2 Å². The fraction of sp³-hybridized carbons (Fsp3) is 0.500. The predicted molar refractivity (Wildman–Crippen MR) is 78.7 cm³/mol. The lowest BCUT2D eigenvalue weighted by molar-refractivity contribution is 0.341.